The molecule has 0 bridgehead atoms. The quantitative estimate of drug-likeness (QED) is 0.636. The third-order valence-corrected chi connectivity index (χ3v) is 8.74. The SMILES string of the molecule is CC1CN(Cc2ccc(OC(F)(F)F)cc2)CC(C)N1S(=O)(=O)c1cccc2c1C[C@@H](C(=O)O)C2. The monoisotopic (exact) mass is 512 g/mol. The minimum Gasteiger partial charge on any atom is -0.481 e. The molecule has 7 nitrogen and oxygen atoms in total. The summed E-state index contributed by atoms with van der Waals surface area (Å²) >= 11 is 0. The summed E-state index contributed by atoms with van der Waals surface area (Å²) in [5.74, 6) is -1.85. The van der Waals surface area contributed by atoms with E-state index in [1.54, 1.807) is 30.3 Å². The lowest BCUT2D eigenvalue weighted by Gasteiger charge is -2.43. The second-order valence-electron chi connectivity index (χ2n) is 9.26. The Bertz CT molecular complexity index is 1190. The minimum atomic E-state index is -4.75. The molecule has 2 aliphatic rings. The number of alkyl halides is 3. The van der Waals surface area contributed by atoms with Gasteiger partial charge in [-0.3, -0.25) is 9.69 Å². The van der Waals surface area contributed by atoms with Gasteiger partial charge in [0.15, 0.2) is 0 Å². The number of hydrogen-bond acceptors (Lipinski definition) is 5. The number of carboxylic acid groups (broad SMARTS) is 1. The van der Waals surface area contributed by atoms with E-state index in [2.05, 4.69) is 9.64 Å². The Balaban J connectivity index is 1.48. The van der Waals surface area contributed by atoms with Gasteiger partial charge >= 0.3 is 12.3 Å². The third-order valence-electron chi connectivity index (χ3n) is 6.53. The van der Waals surface area contributed by atoms with Crippen molar-refractivity contribution in [1.82, 2.24) is 9.21 Å². The Morgan fingerprint density at radius 1 is 1.06 bits per heavy atom. The second-order valence-corrected chi connectivity index (χ2v) is 11.1. The predicted molar refractivity (Wildman–Crippen MR) is 121 cm³/mol. The van der Waals surface area contributed by atoms with Gasteiger partial charge in [0.2, 0.25) is 10.0 Å². The summed E-state index contributed by atoms with van der Waals surface area (Å²) < 4.78 is 70.0. The van der Waals surface area contributed by atoms with E-state index in [4.69, 9.17) is 0 Å². The highest BCUT2D eigenvalue weighted by molar-refractivity contribution is 7.89. The van der Waals surface area contributed by atoms with Crippen molar-refractivity contribution in [3.05, 3.63) is 59.2 Å². The first-order chi connectivity index (χ1) is 16.3. The van der Waals surface area contributed by atoms with Crippen molar-refractivity contribution in [2.75, 3.05) is 13.1 Å². The lowest BCUT2D eigenvalue weighted by Crippen LogP contribution is -2.58. The Kier molecular flexibility index (Phi) is 6.87. The van der Waals surface area contributed by atoms with Crippen LogP contribution in [0.1, 0.15) is 30.5 Å². The van der Waals surface area contributed by atoms with Crippen LogP contribution in [0, 0.1) is 5.92 Å². The summed E-state index contributed by atoms with van der Waals surface area (Å²) in [4.78, 5) is 13.7. The van der Waals surface area contributed by atoms with Crippen LogP contribution in [-0.2, 0) is 34.2 Å². The number of rotatable bonds is 6. The normalized spacial score (nSPS) is 23.7. The number of ether oxygens (including phenoxy) is 1. The Morgan fingerprint density at radius 3 is 2.26 bits per heavy atom. The Morgan fingerprint density at radius 2 is 1.69 bits per heavy atom. The summed E-state index contributed by atoms with van der Waals surface area (Å²) in [7, 11) is -3.86. The zero-order valence-electron chi connectivity index (χ0n) is 19.3. The van der Waals surface area contributed by atoms with Crippen LogP contribution in [-0.4, -0.2) is 60.2 Å². The highest BCUT2D eigenvalue weighted by Crippen LogP contribution is 2.35. The molecule has 35 heavy (non-hydrogen) atoms. The summed E-state index contributed by atoms with van der Waals surface area (Å²) in [6.07, 6.45) is -4.24. The first kappa shape index (κ1) is 25.5. The number of halogens is 3. The number of piperazine rings is 1. The highest BCUT2D eigenvalue weighted by atomic mass is 32.2. The molecule has 2 aromatic carbocycles. The van der Waals surface area contributed by atoms with Gasteiger partial charge in [0, 0.05) is 31.7 Å². The molecule has 0 aromatic heterocycles. The standard InChI is InChI=1S/C24H27F3N2O5S/c1-15-12-28(14-17-6-8-20(9-7-17)34-24(25,26)27)13-16(2)29(15)35(32,33)22-5-3-4-18-10-19(23(30)31)11-21(18)22/h3-9,15-16,19H,10-14H2,1-2H3,(H,30,31)/t15?,16?,19-/m0/s1. The average Bonchev–Trinajstić information content (AvgIpc) is 3.18. The van der Waals surface area contributed by atoms with Crippen LogP contribution in [0.4, 0.5) is 13.2 Å². The molecule has 1 heterocycles. The number of benzene rings is 2. The van der Waals surface area contributed by atoms with Crippen LogP contribution in [0.3, 0.4) is 0 Å². The maximum Gasteiger partial charge on any atom is 0.573 e. The van der Waals surface area contributed by atoms with Gasteiger partial charge in [0.05, 0.1) is 10.8 Å². The van der Waals surface area contributed by atoms with Gasteiger partial charge in [-0.1, -0.05) is 24.3 Å². The van der Waals surface area contributed by atoms with Crippen LogP contribution in [0.25, 0.3) is 0 Å². The molecule has 3 atom stereocenters. The lowest BCUT2D eigenvalue weighted by molar-refractivity contribution is -0.274. The first-order valence-electron chi connectivity index (χ1n) is 11.3. The van der Waals surface area contributed by atoms with Crippen molar-refractivity contribution in [2.45, 2.75) is 56.6 Å². The molecule has 1 fully saturated rings. The van der Waals surface area contributed by atoms with Crippen molar-refractivity contribution in [3.8, 4) is 5.75 Å². The van der Waals surface area contributed by atoms with Crippen LogP contribution in [0.2, 0.25) is 0 Å². The van der Waals surface area contributed by atoms with Gasteiger partial charge < -0.3 is 9.84 Å². The Hall–Kier alpha value is -2.63. The number of aliphatic carboxylic acids is 1. The summed E-state index contributed by atoms with van der Waals surface area (Å²) in [5, 5.41) is 9.40. The van der Waals surface area contributed by atoms with Crippen LogP contribution < -0.4 is 4.74 Å². The molecule has 4 rings (SSSR count). The van der Waals surface area contributed by atoms with Gasteiger partial charge in [0.25, 0.3) is 0 Å². The highest BCUT2D eigenvalue weighted by Gasteiger charge is 2.41. The molecule has 1 saturated heterocycles. The second kappa shape index (κ2) is 9.44. The molecule has 2 aromatic rings. The topological polar surface area (TPSA) is 87.2 Å². The van der Waals surface area contributed by atoms with E-state index in [1.807, 2.05) is 13.8 Å². The summed E-state index contributed by atoms with van der Waals surface area (Å²) in [6, 6.07) is 9.92. The van der Waals surface area contributed by atoms with Crippen LogP contribution in [0.5, 0.6) is 5.75 Å². The molecule has 2 unspecified atom stereocenters. The summed E-state index contributed by atoms with van der Waals surface area (Å²) in [5.41, 5.74) is 2.13. The molecular formula is C24H27F3N2O5S. The van der Waals surface area contributed by atoms with E-state index in [0.29, 0.717) is 31.6 Å². The molecule has 190 valence electrons. The van der Waals surface area contributed by atoms with Gasteiger partial charge in [-0.25, -0.2) is 8.42 Å². The molecule has 0 saturated carbocycles. The number of fused-ring (bicyclic) bond motifs is 1. The number of carboxylic acids is 1. The molecular weight excluding hydrogens is 485 g/mol. The zero-order valence-corrected chi connectivity index (χ0v) is 20.1. The third kappa shape index (κ3) is 5.46. The number of nitrogens with zero attached hydrogens (tertiary/aromatic N) is 2. The molecule has 1 aliphatic heterocycles. The fourth-order valence-electron chi connectivity index (χ4n) is 5.22. The molecule has 1 aliphatic carbocycles. The van der Waals surface area contributed by atoms with Crippen molar-refractivity contribution in [1.29, 1.82) is 0 Å². The first-order valence-corrected chi connectivity index (χ1v) is 12.7. The van der Waals surface area contributed by atoms with Crippen LogP contribution >= 0.6 is 0 Å². The smallest absolute Gasteiger partial charge is 0.481 e. The molecule has 0 amide bonds. The van der Waals surface area contributed by atoms with E-state index in [0.717, 1.165) is 11.1 Å². The van der Waals surface area contributed by atoms with E-state index < -0.39 is 28.3 Å². The average molecular weight is 513 g/mol. The largest absolute Gasteiger partial charge is 0.573 e. The summed E-state index contributed by atoms with van der Waals surface area (Å²) in [6.45, 7) is 4.98. The van der Waals surface area contributed by atoms with E-state index >= 15 is 0 Å². The maximum atomic E-state index is 13.7. The van der Waals surface area contributed by atoms with Crippen LogP contribution in [0.15, 0.2) is 47.4 Å². The number of carbonyl (C=O) groups is 1. The van der Waals surface area contributed by atoms with Gasteiger partial charge in [-0.15, -0.1) is 13.2 Å². The van der Waals surface area contributed by atoms with E-state index in [9.17, 15) is 31.5 Å². The molecule has 0 spiro atoms. The molecule has 1 N–H and O–H groups in total. The fourth-order valence-corrected chi connectivity index (χ4v) is 7.31. The van der Waals surface area contributed by atoms with Crippen molar-refractivity contribution < 1.29 is 36.2 Å². The van der Waals surface area contributed by atoms with Gasteiger partial charge in [0.1, 0.15) is 5.75 Å². The fraction of sp³-hybridized carbons (Fsp3) is 0.458. The van der Waals surface area contributed by atoms with Crippen molar-refractivity contribution in [2.24, 2.45) is 5.92 Å². The van der Waals surface area contributed by atoms with Crippen molar-refractivity contribution >= 4 is 16.0 Å². The van der Waals surface area contributed by atoms with Crippen molar-refractivity contribution in [3.63, 3.8) is 0 Å². The molecule has 11 heteroatoms. The Labute approximate surface area is 202 Å². The predicted octanol–water partition coefficient (Wildman–Crippen LogP) is 3.67. The molecule has 0 radical (unpaired) electrons. The maximum absolute atomic E-state index is 13.7. The van der Waals surface area contributed by atoms with E-state index in [1.165, 1.54) is 16.4 Å². The van der Waals surface area contributed by atoms with E-state index in [-0.39, 0.29) is 29.1 Å². The lowest BCUT2D eigenvalue weighted by atomic mass is 10.1. The van der Waals surface area contributed by atoms with Gasteiger partial charge in [-0.05, 0) is 61.6 Å². The van der Waals surface area contributed by atoms with Gasteiger partial charge in [-0.2, -0.15) is 4.31 Å². The minimum absolute atomic E-state index is 0.172. The number of hydrogen-bond donors (Lipinski definition) is 1. The zero-order chi connectivity index (χ0) is 25.5. The number of sulfonamides is 1.